The van der Waals surface area contributed by atoms with Crippen molar-refractivity contribution in [2.24, 2.45) is 0 Å². The van der Waals surface area contributed by atoms with Crippen molar-refractivity contribution in [3.05, 3.63) is 65.0 Å². The molecule has 2 nitrogen and oxygen atoms in total. The van der Waals surface area contributed by atoms with Gasteiger partial charge < -0.3 is 5.11 Å². The number of nitrogens with zero attached hydrogens (tertiary/aromatic N) is 1. The topological polar surface area (TPSA) is 33.1 Å². The number of pyridine rings is 1. The number of aryl methyl sites for hydroxylation is 1. The summed E-state index contributed by atoms with van der Waals surface area (Å²) < 4.78 is 26.1. The molecule has 2 aromatic rings. The van der Waals surface area contributed by atoms with Crippen molar-refractivity contribution in [2.45, 2.75) is 25.9 Å². The SMILES string of the molecule is Cc1ccc(F)cc1CC(C)(O)c1ccc(F)cn1. The van der Waals surface area contributed by atoms with Gasteiger partial charge in [-0.05, 0) is 49.2 Å². The fourth-order valence-electron chi connectivity index (χ4n) is 1.99. The third-order valence-corrected chi connectivity index (χ3v) is 3.13. The quantitative estimate of drug-likeness (QED) is 0.923. The van der Waals surface area contributed by atoms with Gasteiger partial charge in [-0.1, -0.05) is 6.07 Å². The molecular formula is C15H15F2NO. The van der Waals surface area contributed by atoms with Gasteiger partial charge in [-0.2, -0.15) is 0 Å². The zero-order valence-electron chi connectivity index (χ0n) is 10.8. The highest BCUT2D eigenvalue weighted by Crippen LogP contribution is 2.25. The highest BCUT2D eigenvalue weighted by atomic mass is 19.1. The van der Waals surface area contributed by atoms with E-state index in [-0.39, 0.29) is 12.2 Å². The fourth-order valence-corrected chi connectivity index (χ4v) is 1.99. The van der Waals surface area contributed by atoms with Crippen molar-refractivity contribution in [2.75, 3.05) is 0 Å². The van der Waals surface area contributed by atoms with Crippen LogP contribution in [0.2, 0.25) is 0 Å². The Balaban J connectivity index is 2.30. The molecule has 4 heteroatoms. The molecular weight excluding hydrogens is 248 g/mol. The van der Waals surface area contributed by atoms with Crippen LogP contribution in [0.3, 0.4) is 0 Å². The lowest BCUT2D eigenvalue weighted by molar-refractivity contribution is 0.0527. The van der Waals surface area contributed by atoms with Gasteiger partial charge in [-0.25, -0.2) is 8.78 Å². The molecule has 0 aliphatic carbocycles. The molecule has 0 amide bonds. The molecule has 0 spiro atoms. The van der Waals surface area contributed by atoms with Crippen LogP contribution >= 0.6 is 0 Å². The minimum absolute atomic E-state index is 0.217. The van der Waals surface area contributed by atoms with E-state index in [1.165, 1.54) is 24.3 Å². The zero-order valence-corrected chi connectivity index (χ0v) is 10.8. The summed E-state index contributed by atoms with van der Waals surface area (Å²) in [4.78, 5) is 3.88. The van der Waals surface area contributed by atoms with Gasteiger partial charge in [0.05, 0.1) is 11.9 Å². The molecule has 1 aromatic heterocycles. The van der Waals surface area contributed by atoms with Crippen molar-refractivity contribution in [1.82, 2.24) is 4.98 Å². The Morgan fingerprint density at radius 2 is 1.84 bits per heavy atom. The van der Waals surface area contributed by atoms with Crippen LogP contribution in [-0.2, 0) is 12.0 Å². The van der Waals surface area contributed by atoms with Gasteiger partial charge in [0.25, 0.3) is 0 Å². The maximum atomic E-state index is 13.2. The maximum Gasteiger partial charge on any atom is 0.141 e. The molecule has 19 heavy (non-hydrogen) atoms. The second kappa shape index (κ2) is 5.05. The third kappa shape index (κ3) is 3.15. The van der Waals surface area contributed by atoms with Gasteiger partial charge in [0, 0.05) is 6.42 Å². The highest BCUT2D eigenvalue weighted by molar-refractivity contribution is 5.29. The number of rotatable bonds is 3. The number of hydrogen-bond donors (Lipinski definition) is 1. The molecule has 0 fully saturated rings. The molecule has 0 radical (unpaired) electrons. The average molecular weight is 263 g/mol. The molecule has 2 rings (SSSR count). The van der Waals surface area contributed by atoms with Gasteiger partial charge >= 0.3 is 0 Å². The fraction of sp³-hybridized carbons (Fsp3) is 0.267. The van der Waals surface area contributed by atoms with E-state index in [0.717, 1.165) is 11.8 Å². The summed E-state index contributed by atoms with van der Waals surface area (Å²) in [5, 5.41) is 10.4. The minimum Gasteiger partial charge on any atom is -0.383 e. The first-order valence-corrected chi connectivity index (χ1v) is 5.98. The Labute approximate surface area is 110 Å². The Kier molecular flexibility index (Phi) is 3.62. The highest BCUT2D eigenvalue weighted by Gasteiger charge is 2.26. The van der Waals surface area contributed by atoms with Gasteiger partial charge in [0.1, 0.15) is 17.2 Å². The van der Waals surface area contributed by atoms with E-state index < -0.39 is 11.4 Å². The number of hydrogen-bond acceptors (Lipinski definition) is 2. The van der Waals surface area contributed by atoms with Crippen molar-refractivity contribution < 1.29 is 13.9 Å². The first-order valence-electron chi connectivity index (χ1n) is 5.98. The third-order valence-electron chi connectivity index (χ3n) is 3.13. The van der Waals surface area contributed by atoms with E-state index in [1.807, 2.05) is 6.92 Å². The van der Waals surface area contributed by atoms with Crippen molar-refractivity contribution >= 4 is 0 Å². The van der Waals surface area contributed by atoms with Crippen LogP contribution in [0.15, 0.2) is 36.5 Å². The van der Waals surface area contributed by atoms with Gasteiger partial charge in [0.15, 0.2) is 0 Å². The Morgan fingerprint density at radius 3 is 2.47 bits per heavy atom. The lowest BCUT2D eigenvalue weighted by atomic mass is 9.90. The van der Waals surface area contributed by atoms with E-state index in [1.54, 1.807) is 13.0 Å². The van der Waals surface area contributed by atoms with Crippen LogP contribution < -0.4 is 0 Å². The summed E-state index contributed by atoms with van der Waals surface area (Å²) >= 11 is 0. The summed E-state index contributed by atoms with van der Waals surface area (Å²) in [5.41, 5.74) is 0.684. The van der Waals surface area contributed by atoms with Crippen LogP contribution in [-0.4, -0.2) is 10.1 Å². The summed E-state index contributed by atoms with van der Waals surface area (Å²) in [6.45, 7) is 3.43. The minimum atomic E-state index is -1.27. The first-order chi connectivity index (χ1) is 8.88. The van der Waals surface area contributed by atoms with Crippen LogP contribution in [0.5, 0.6) is 0 Å². The van der Waals surface area contributed by atoms with Crippen molar-refractivity contribution in [3.63, 3.8) is 0 Å². The van der Waals surface area contributed by atoms with Gasteiger partial charge in [-0.3, -0.25) is 4.98 Å². The molecule has 1 unspecified atom stereocenters. The summed E-state index contributed by atoms with van der Waals surface area (Å²) in [7, 11) is 0. The molecule has 1 aromatic carbocycles. The van der Waals surface area contributed by atoms with E-state index in [2.05, 4.69) is 4.98 Å². The molecule has 1 N–H and O–H groups in total. The Hall–Kier alpha value is -1.81. The first kappa shape index (κ1) is 13.6. The van der Waals surface area contributed by atoms with E-state index >= 15 is 0 Å². The number of aliphatic hydroxyl groups is 1. The van der Waals surface area contributed by atoms with Crippen molar-refractivity contribution in [3.8, 4) is 0 Å². The van der Waals surface area contributed by atoms with Crippen molar-refractivity contribution in [1.29, 1.82) is 0 Å². The van der Waals surface area contributed by atoms with Crippen LogP contribution in [0.4, 0.5) is 8.78 Å². The summed E-state index contributed by atoms with van der Waals surface area (Å²) in [6, 6.07) is 7.12. The summed E-state index contributed by atoms with van der Waals surface area (Å²) in [6.07, 6.45) is 1.28. The second-order valence-corrected chi connectivity index (χ2v) is 4.88. The predicted molar refractivity (Wildman–Crippen MR) is 68.6 cm³/mol. The van der Waals surface area contributed by atoms with Gasteiger partial charge in [0.2, 0.25) is 0 Å². The zero-order chi connectivity index (χ0) is 14.0. The standard InChI is InChI=1S/C15H15F2NO/c1-10-3-4-12(16)7-11(10)8-15(2,19)14-6-5-13(17)9-18-14/h3-7,9,19H,8H2,1-2H3. The Morgan fingerprint density at radius 1 is 1.16 bits per heavy atom. The molecule has 1 atom stereocenters. The monoisotopic (exact) mass is 263 g/mol. The molecule has 1 heterocycles. The van der Waals surface area contributed by atoms with Gasteiger partial charge in [-0.15, -0.1) is 0 Å². The normalized spacial score (nSPS) is 14.2. The molecule has 0 aliphatic heterocycles. The van der Waals surface area contributed by atoms with Crippen LogP contribution in [0, 0.1) is 18.6 Å². The summed E-state index contributed by atoms with van der Waals surface area (Å²) in [5.74, 6) is -0.801. The average Bonchev–Trinajstić information content (AvgIpc) is 2.34. The largest absolute Gasteiger partial charge is 0.383 e. The smallest absolute Gasteiger partial charge is 0.141 e. The van der Waals surface area contributed by atoms with E-state index in [4.69, 9.17) is 0 Å². The molecule has 0 bridgehead atoms. The molecule has 0 saturated heterocycles. The molecule has 0 aliphatic rings. The lowest BCUT2D eigenvalue weighted by Crippen LogP contribution is -2.26. The number of benzene rings is 1. The second-order valence-electron chi connectivity index (χ2n) is 4.88. The number of halogens is 2. The molecule has 100 valence electrons. The van der Waals surface area contributed by atoms with Crippen LogP contribution in [0.25, 0.3) is 0 Å². The van der Waals surface area contributed by atoms with E-state index in [9.17, 15) is 13.9 Å². The molecule has 0 saturated carbocycles. The number of aromatic nitrogens is 1. The lowest BCUT2D eigenvalue weighted by Gasteiger charge is -2.23. The Bertz CT molecular complexity index is 579. The van der Waals surface area contributed by atoms with E-state index in [0.29, 0.717) is 11.3 Å². The predicted octanol–water partition coefficient (Wildman–Crippen LogP) is 3.12. The van der Waals surface area contributed by atoms with Crippen LogP contribution in [0.1, 0.15) is 23.7 Å². The maximum absolute atomic E-state index is 13.2.